The van der Waals surface area contributed by atoms with Crippen molar-refractivity contribution in [2.45, 2.75) is 26.3 Å². The van der Waals surface area contributed by atoms with Gasteiger partial charge >= 0.3 is 0 Å². The molecule has 1 N–H and O–H groups in total. The third kappa shape index (κ3) is 3.94. The van der Waals surface area contributed by atoms with E-state index >= 15 is 0 Å². The highest BCUT2D eigenvalue weighted by Crippen LogP contribution is 2.28. The molecule has 7 heteroatoms. The summed E-state index contributed by atoms with van der Waals surface area (Å²) in [5.41, 5.74) is 1.48. The van der Waals surface area contributed by atoms with Crippen molar-refractivity contribution in [3.63, 3.8) is 0 Å². The van der Waals surface area contributed by atoms with E-state index in [9.17, 15) is 4.79 Å². The van der Waals surface area contributed by atoms with Gasteiger partial charge in [0.05, 0.1) is 21.0 Å². The minimum atomic E-state index is -0.207. The molecule has 0 atom stereocenters. The van der Waals surface area contributed by atoms with E-state index in [0.717, 1.165) is 21.0 Å². The molecule has 0 aromatic carbocycles. The van der Waals surface area contributed by atoms with E-state index < -0.39 is 0 Å². The molecule has 1 aliphatic rings. The van der Waals surface area contributed by atoms with Crippen LogP contribution < -0.4 is 5.32 Å². The van der Waals surface area contributed by atoms with Crippen molar-refractivity contribution in [1.82, 2.24) is 9.97 Å². The number of pyridine rings is 2. The maximum absolute atomic E-state index is 11.5. The van der Waals surface area contributed by atoms with Crippen molar-refractivity contribution in [1.29, 1.82) is 0 Å². The van der Waals surface area contributed by atoms with Crippen LogP contribution >= 0.6 is 11.3 Å². The van der Waals surface area contributed by atoms with Crippen LogP contribution in [0.25, 0.3) is 10.6 Å². The summed E-state index contributed by atoms with van der Waals surface area (Å²) < 4.78 is 5.71. The molecule has 0 aliphatic carbocycles. The summed E-state index contributed by atoms with van der Waals surface area (Å²) in [5, 5.41) is 3.23. The highest BCUT2D eigenvalue weighted by Gasteiger charge is 2.27. The Bertz CT molecular complexity index is 1070. The van der Waals surface area contributed by atoms with Crippen molar-refractivity contribution >= 4 is 34.7 Å². The van der Waals surface area contributed by atoms with Gasteiger partial charge in [0.25, 0.3) is 0 Å². The first kappa shape index (κ1) is 18.3. The van der Waals surface area contributed by atoms with Gasteiger partial charge in [0.15, 0.2) is 5.78 Å². The third-order valence-electron chi connectivity index (χ3n) is 4.18. The first-order valence-corrected chi connectivity index (χ1v) is 9.76. The molecule has 0 fully saturated rings. The quantitative estimate of drug-likeness (QED) is 0.637. The topological polar surface area (TPSA) is 76.5 Å². The number of nitrogens with one attached hydrogen (secondary N) is 1. The van der Waals surface area contributed by atoms with Gasteiger partial charge in [0, 0.05) is 11.8 Å². The monoisotopic (exact) mass is 392 g/mol. The zero-order valence-electron chi connectivity index (χ0n) is 15.9. The van der Waals surface area contributed by atoms with Crippen LogP contribution in [0.15, 0.2) is 53.7 Å². The standard InChI is InChI=1S/C21H20N4O2S/c1-13(26)16-7-8-17(28-16)15-5-4-6-18(23-15)24-19-11-14(9-10-22-19)20-25-21(2,3)12-27-20/h4-11H,12H2,1-3H3,(H,22,23,24). The fourth-order valence-electron chi connectivity index (χ4n) is 2.80. The number of ketones is 1. The van der Waals surface area contributed by atoms with Gasteiger partial charge < -0.3 is 10.1 Å². The predicted molar refractivity (Wildman–Crippen MR) is 112 cm³/mol. The number of hydrogen-bond acceptors (Lipinski definition) is 7. The lowest BCUT2D eigenvalue weighted by Gasteiger charge is -2.08. The van der Waals surface area contributed by atoms with E-state index in [-0.39, 0.29) is 11.3 Å². The summed E-state index contributed by atoms with van der Waals surface area (Å²) in [4.78, 5) is 26.8. The van der Waals surface area contributed by atoms with E-state index in [1.54, 1.807) is 13.1 Å². The average Bonchev–Trinajstić information content (AvgIpc) is 3.29. The van der Waals surface area contributed by atoms with Gasteiger partial charge in [-0.25, -0.2) is 15.0 Å². The van der Waals surface area contributed by atoms with Crippen LogP contribution in [0.4, 0.5) is 11.6 Å². The van der Waals surface area contributed by atoms with Gasteiger partial charge in [-0.15, -0.1) is 11.3 Å². The Kier molecular flexibility index (Phi) is 4.68. The Hall–Kier alpha value is -3.06. The second kappa shape index (κ2) is 7.16. The van der Waals surface area contributed by atoms with E-state index in [2.05, 4.69) is 20.3 Å². The van der Waals surface area contributed by atoms with Gasteiger partial charge in [-0.05, 0) is 57.2 Å². The van der Waals surface area contributed by atoms with Crippen LogP contribution in [0.1, 0.15) is 36.0 Å². The maximum Gasteiger partial charge on any atom is 0.217 e. The lowest BCUT2D eigenvalue weighted by Crippen LogP contribution is -2.17. The Morgan fingerprint density at radius 1 is 1.18 bits per heavy atom. The van der Waals surface area contributed by atoms with Gasteiger partial charge in [-0.3, -0.25) is 4.79 Å². The SMILES string of the molecule is CC(=O)c1ccc(-c2cccc(Nc3cc(C4=NC(C)(C)CO4)ccn3)n2)s1. The molecular weight excluding hydrogens is 372 g/mol. The summed E-state index contributed by atoms with van der Waals surface area (Å²) in [7, 11) is 0. The second-order valence-corrected chi connectivity index (χ2v) is 8.28. The van der Waals surface area contributed by atoms with E-state index in [1.807, 2.05) is 56.3 Å². The number of rotatable bonds is 5. The van der Waals surface area contributed by atoms with Crippen molar-refractivity contribution in [2.75, 3.05) is 11.9 Å². The molecule has 3 aromatic rings. The Labute approximate surface area is 167 Å². The summed E-state index contributed by atoms with van der Waals surface area (Å²) >= 11 is 1.44. The second-order valence-electron chi connectivity index (χ2n) is 7.20. The average molecular weight is 392 g/mol. The molecule has 4 heterocycles. The highest BCUT2D eigenvalue weighted by molar-refractivity contribution is 7.17. The normalized spacial score (nSPS) is 15.0. The van der Waals surface area contributed by atoms with Gasteiger partial charge in [-0.2, -0.15) is 0 Å². The number of Topliss-reactive ketones (excluding diaryl/α,β-unsaturated/α-hetero) is 1. The molecule has 0 bridgehead atoms. The predicted octanol–water partition coefficient (Wildman–Crippen LogP) is 4.71. The molecule has 4 rings (SSSR count). The van der Waals surface area contributed by atoms with E-state index in [1.165, 1.54) is 11.3 Å². The molecule has 142 valence electrons. The Morgan fingerprint density at radius 3 is 2.75 bits per heavy atom. The van der Waals surface area contributed by atoms with E-state index in [4.69, 9.17) is 4.74 Å². The van der Waals surface area contributed by atoms with Crippen molar-refractivity contribution in [3.05, 3.63) is 59.1 Å². The van der Waals surface area contributed by atoms with Crippen LogP contribution in [0.3, 0.4) is 0 Å². The van der Waals surface area contributed by atoms with Crippen LogP contribution in [0.2, 0.25) is 0 Å². The molecular formula is C21H20N4O2S. The smallest absolute Gasteiger partial charge is 0.217 e. The molecule has 28 heavy (non-hydrogen) atoms. The molecule has 1 aliphatic heterocycles. The number of thiophene rings is 1. The number of nitrogens with zero attached hydrogens (tertiary/aromatic N) is 3. The minimum Gasteiger partial charge on any atom is -0.475 e. The van der Waals surface area contributed by atoms with Crippen molar-refractivity contribution in [3.8, 4) is 10.6 Å². The number of aliphatic imine (C=N–C) groups is 1. The molecule has 0 saturated carbocycles. The van der Waals surface area contributed by atoms with Crippen molar-refractivity contribution in [2.24, 2.45) is 4.99 Å². The summed E-state index contributed by atoms with van der Waals surface area (Å²) in [6.45, 7) is 6.22. The molecule has 0 spiro atoms. The van der Waals surface area contributed by atoms with Gasteiger partial charge in [0.2, 0.25) is 5.90 Å². The largest absolute Gasteiger partial charge is 0.475 e. The van der Waals surface area contributed by atoms with Crippen LogP contribution in [-0.4, -0.2) is 33.8 Å². The Balaban J connectivity index is 1.57. The number of carbonyl (C=O) groups excluding carboxylic acids is 1. The fourth-order valence-corrected chi connectivity index (χ4v) is 3.67. The lowest BCUT2D eigenvalue weighted by molar-refractivity contribution is 0.102. The third-order valence-corrected chi connectivity index (χ3v) is 5.39. The number of aromatic nitrogens is 2. The Morgan fingerprint density at radius 2 is 2.04 bits per heavy atom. The van der Waals surface area contributed by atoms with Crippen LogP contribution in [-0.2, 0) is 4.74 Å². The van der Waals surface area contributed by atoms with Gasteiger partial charge in [0.1, 0.15) is 18.2 Å². The minimum absolute atomic E-state index is 0.0618. The van der Waals surface area contributed by atoms with Crippen LogP contribution in [0, 0.1) is 0 Å². The molecule has 0 radical (unpaired) electrons. The van der Waals surface area contributed by atoms with Gasteiger partial charge in [-0.1, -0.05) is 6.07 Å². The van der Waals surface area contributed by atoms with Crippen molar-refractivity contribution < 1.29 is 9.53 Å². The fraction of sp³-hybridized carbons (Fsp3) is 0.238. The maximum atomic E-state index is 11.5. The molecule has 0 saturated heterocycles. The first-order chi connectivity index (χ1) is 13.4. The first-order valence-electron chi connectivity index (χ1n) is 8.94. The number of hydrogen-bond donors (Lipinski definition) is 1. The molecule has 0 amide bonds. The molecule has 0 unspecified atom stereocenters. The number of anilines is 2. The lowest BCUT2D eigenvalue weighted by atomic mass is 10.1. The molecule has 3 aromatic heterocycles. The summed E-state index contributed by atoms with van der Waals surface area (Å²) in [6.07, 6.45) is 1.72. The number of ether oxygens (including phenoxy) is 1. The molecule has 6 nitrogen and oxygen atoms in total. The zero-order chi connectivity index (χ0) is 19.7. The summed E-state index contributed by atoms with van der Waals surface area (Å²) in [6, 6.07) is 13.3. The van der Waals surface area contributed by atoms with Crippen LogP contribution in [0.5, 0.6) is 0 Å². The summed E-state index contributed by atoms with van der Waals surface area (Å²) in [5.74, 6) is 2.03. The highest BCUT2D eigenvalue weighted by atomic mass is 32.1. The van der Waals surface area contributed by atoms with E-state index in [0.29, 0.717) is 24.1 Å². The zero-order valence-corrected chi connectivity index (χ0v) is 16.7. The number of carbonyl (C=O) groups is 1.